The van der Waals surface area contributed by atoms with Gasteiger partial charge in [0, 0.05) is 5.56 Å². The molecule has 1 amide bonds. The molecule has 0 radical (unpaired) electrons. The van der Waals surface area contributed by atoms with E-state index in [0.717, 1.165) is 5.56 Å². The first kappa shape index (κ1) is 21.6. The minimum Gasteiger partial charge on any atom is -0.495 e. The lowest BCUT2D eigenvalue weighted by atomic mass is 10.1. The fourth-order valence-corrected chi connectivity index (χ4v) is 2.83. The third-order valence-corrected chi connectivity index (χ3v) is 4.50. The Morgan fingerprint density at radius 1 is 1.07 bits per heavy atom. The van der Waals surface area contributed by atoms with Crippen molar-refractivity contribution < 1.29 is 9.53 Å². The van der Waals surface area contributed by atoms with Gasteiger partial charge in [-0.2, -0.15) is 0 Å². The molecule has 144 valence electrons. The summed E-state index contributed by atoms with van der Waals surface area (Å²) in [4.78, 5) is 12.6. The van der Waals surface area contributed by atoms with Gasteiger partial charge in [-0.25, -0.2) is 0 Å². The third-order valence-electron chi connectivity index (χ3n) is 3.62. The van der Waals surface area contributed by atoms with Crippen LogP contribution in [0.15, 0.2) is 48.5 Å². The van der Waals surface area contributed by atoms with Crippen LogP contribution in [0.5, 0.6) is 5.75 Å². The topological polar surface area (TPSA) is 62.4 Å². The number of benzene rings is 2. The number of aryl methyl sites for hydroxylation is 1. The fourth-order valence-electron chi connectivity index (χ4n) is 2.27. The van der Waals surface area contributed by atoms with Crippen molar-refractivity contribution in [2.75, 3.05) is 12.4 Å². The summed E-state index contributed by atoms with van der Waals surface area (Å²) in [6, 6.07) is 14.3. The zero-order valence-corrected chi connectivity index (χ0v) is 17.6. The van der Waals surface area contributed by atoms with Gasteiger partial charge in [-0.3, -0.25) is 4.79 Å². The molecule has 1 unspecified atom stereocenters. The van der Waals surface area contributed by atoms with Crippen LogP contribution in [-0.2, 0) is 0 Å². The van der Waals surface area contributed by atoms with Crippen molar-refractivity contribution in [2.45, 2.75) is 16.9 Å². The molecule has 0 fully saturated rings. The van der Waals surface area contributed by atoms with Crippen LogP contribution >= 0.6 is 47.0 Å². The van der Waals surface area contributed by atoms with E-state index in [9.17, 15) is 4.79 Å². The summed E-state index contributed by atoms with van der Waals surface area (Å²) in [7, 11) is 1.55. The maximum Gasteiger partial charge on any atom is 0.253 e. The number of halogens is 3. The highest BCUT2D eigenvalue weighted by Gasteiger charge is 2.35. The van der Waals surface area contributed by atoms with E-state index in [4.69, 9.17) is 51.8 Å². The predicted molar refractivity (Wildman–Crippen MR) is 115 cm³/mol. The molecule has 0 aromatic heterocycles. The Hall–Kier alpha value is -1.73. The van der Waals surface area contributed by atoms with Crippen molar-refractivity contribution in [3.8, 4) is 5.75 Å². The summed E-state index contributed by atoms with van der Waals surface area (Å²) in [5.74, 6) is 0.202. The summed E-state index contributed by atoms with van der Waals surface area (Å²) >= 11 is 23.3. The number of anilines is 1. The van der Waals surface area contributed by atoms with Crippen LogP contribution in [0.3, 0.4) is 0 Å². The largest absolute Gasteiger partial charge is 0.495 e. The summed E-state index contributed by atoms with van der Waals surface area (Å²) in [6.07, 6.45) is -1.07. The van der Waals surface area contributed by atoms with Gasteiger partial charge in [-0.15, -0.1) is 0 Å². The first-order chi connectivity index (χ1) is 12.7. The van der Waals surface area contributed by atoms with Crippen molar-refractivity contribution in [2.24, 2.45) is 0 Å². The first-order valence-corrected chi connectivity index (χ1v) is 9.40. The molecule has 3 N–H and O–H groups in total. The van der Waals surface area contributed by atoms with Crippen LogP contribution in [0.25, 0.3) is 0 Å². The number of rotatable bonds is 5. The molecule has 0 saturated heterocycles. The van der Waals surface area contributed by atoms with Crippen molar-refractivity contribution in [1.29, 1.82) is 0 Å². The predicted octanol–water partition coefficient (Wildman–Crippen LogP) is 4.42. The number of hydrogen-bond acceptors (Lipinski definition) is 3. The Bertz CT molecular complexity index is 827. The molecule has 27 heavy (non-hydrogen) atoms. The number of amides is 1. The normalized spacial score (nSPS) is 12.0. The van der Waals surface area contributed by atoms with E-state index < -0.39 is 15.9 Å². The molecular weight excluding hydrogens is 429 g/mol. The van der Waals surface area contributed by atoms with E-state index in [-0.39, 0.29) is 5.11 Å². The minimum absolute atomic E-state index is 0.154. The molecule has 9 heteroatoms. The number of alkyl halides is 3. The molecular formula is C18H18Cl3N3O2S. The molecule has 5 nitrogen and oxygen atoms in total. The number of thiocarbonyl (C=S) groups is 1. The molecule has 2 aromatic carbocycles. The number of methoxy groups -OCH3 is 1. The lowest BCUT2D eigenvalue weighted by Gasteiger charge is -2.28. The van der Waals surface area contributed by atoms with Crippen LogP contribution in [-0.4, -0.2) is 28.1 Å². The highest BCUT2D eigenvalue weighted by molar-refractivity contribution is 7.80. The van der Waals surface area contributed by atoms with Gasteiger partial charge in [0.25, 0.3) is 5.91 Å². The van der Waals surface area contributed by atoms with Crippen LogP contribution in [0.1, 0.15) is 15.9 Å². The van der Waals surface area contributed by atoms with Gasteiger partial charge in [0.05, 0.1) is 12.8 Å². The minimum atomic E-state index is -1.84. The van der Waals surface area contributed by atoms with Gasteiger partial charge < -0.3 is 20.7 Å². The number of carbonyl (C=O) groups excluding carboxylic acids is 1. The molecule has 0 bridgehead atoms. The average Bonchev–Trinajstić information content (AvgIpc) is 2.61. The molecule has 2 aromatic rings. The van der Waals surface area contributed by atoms with Crippen molar-refractivity contribution in [1.82, 2.24) is 10.6 Å². The van der Waals surface area contributed by atoms with E-state index in [2.05, 4.69) is 16.0 Å². The SMILES string of the molecule is COc1ccccc1NC(=S)NC(NC(=O)c1ccccc1C)C(Cl)(Cl)Cl. The highest BCUT2D eigenvalue weighted by Crippen LogP contribution is 2.30. The standard InChI is InChI=1S/C18H18Cl3N3O2S/c1-11-7-3-4-8-12(11)15(25)23-16(18(19,20)21)24-17(27)22-13-9-5-6-10-14(13)26-2/h3-10,16H,1-2H3,(H,23,25)(H2,22,24,27). The fraction of sp³-hybridized carbons (Fsp3) is 0.222. The summed E-state index contributed by atoms with van der Waals surface area (Å²) in [5.41, 5.74) is 1.90. The van der Waals surface area contributed by atoms with Gasteiger partial charge >= 0.3 is 0 Å². The lowest BCUT2D eigenvalue weighted by Crippen LogP contribution is -2.56. The van der Waals surface area contributed by atoms with Crippen molar-refractivity contribution >= 4 is 63.7 Å². The van der Waals surface area contributed by atoms with Crippen molar-refractivity contribution in [3.05, 3.63) is 59.7 Å². The smallest absolute Gasteiger partial charge is 0.253 e. The highest BCUT2D eigenvalue weighted by atomic mass is 35.6. The van der Waals surface area contributed by atoms with Crippen LogP contribution in [0.2, 0.25) is 0 Å². The molecule has 2 rings (SSSR count). The maximum absolute atomic E-state index is 12.6. The van der Waals surface area contributed by atoms with E-state index in [0.29, 0.717) is 17.0 Å². The second-order valence-electron chi connectivity index (χ2n) is 5.56. The van der Waals surface area contributed by atoms with Gasteiger partial charge in [-0.05, 0) is 42.9 Å². The van der Waals surface area contributed by atoms with Crippen LogP contribution < -0.4 is 20.7 Å². The Morgan fingerprint density at radius 2 is 1.70 bits per heavy atom. The van der Waals surface area contributed by atoms with Gasteiger partial charge in [-0.1, -0.05) is 65.1 Å². The quantitative estimate of drug-likeness (QED) is 0.361. The van der Waals surface area contributed by atoms with Crippen LogP contribution in [0.4, 0.5) is 5.69 Å². The van der Waals surface area contributed by atoms with E-state index in [1.165, 1.54) is 0 Å². The van der Waals surface area contributed by atoms with Gasteiger partial charge in [0.15, 0.2) is 5.11 Å². The van der Waals surface area contributed by atoms with Gasteiger partial charge in [0.2, 0.25) is 3.79 Å². The molecule has 0 aliphatic carbocycles. The van der Waals surface area contributed by atoms with Crippen LogP contribution in [0, 0.1) is 6.92 Å². The number of ether oxygens (including phenoxy) is 1. The summed E-state index contributed by atoms with van der Waals surface area (Å²) < 4.78 is 3.41. The number of para-hydroxylation sites is 2. The third kappa shape index (κ3) is 6.14. The monoisotopic (exact) mass is 445 g/mol. The van der Waals surface area contributed by atoms with E-state index in [1.807, 2.05) is 31.2 Å². The Balaban J connectivity index is 2.12. The molecule has 0 aliphatic rings. The summed E-state index contributed by atoms with van der Waals surface area (Å²) in [6.45, 7) is 1.82. The van der Waals surface area contributed by atoms with Crippen molar-refractivity contribution in [3.63, 3.8) is 0 Å². The molecule has 1 atom stereocenters. The van der Waals surface area contributed by atoms with Gasteiger partial charge in [0.1, 0.15) is 11.9 Å². The lowest BCUT2D eigenvalue weighted by molar-refractivity contribution is 0.0934. The second-order valence-corrected chi connectivity index (χ2v) is 8.34. The van der Waals surface area contributed by atoms with E-state index >= 15 is 0 Å². The second kappa shape index (κ2) is 9.46. The molecule has 0 spiro atoms. The Kier molecular flexibility index (Phi) is 7.56. The molecule has 0 aliphatic heterocycles. The zero-order chi connectivity index (χ0) is 20.0. The Morgan fingerprint density at radius 3 is 2.33 bits per heavy atom. The molecule has 0 heterocycles. The average molecular weight is 447 g/mol. The number of carbonyl (C=O) groups is 1. The Labute approximate surface area is 178 Å². The zero-order valence-electron chi connectivity index (χ0n) is 14.6. The summed E-state index contributed by atoms with van der Waals surface area (Å²) in [5, 5.41) is 8.58. The first-order valence-electron chi connectivity index (χ1n) is 7.86. The maximum atomic E-state index is 12.6. The number of hydrogen-bond donors (Lipinski definition) is 3. The number of nitrogens with one attached hydrogen (secondary N) is 3. The van der Waals surface area contributed by atoms with E-state index in [1.54, 1.807) is 31.4 Å². The molecule has 0 saturated carbocycles.